The maximum Gasteiger partial charge on any atom is 0.241 e. The summed E-state index contributed by atoms with van der Waals surface area (Å²) in [4.78, 5) is 1.32. The van der Waals surface area contributed by atoms with Gasteiger partial charge in [-0.25, -0.2) is 13.1 Å². The molecule has 20 heavy (non-hydrogen) atoms. The minimum Gasteiger partial charge on any atom is -0.326 e. The molecule has 1 aromatic heterocycles. The second-order valence-corrected chi connectivity index (χ2v) is 7.17. The summed E-state index contributed by atoms with van der Waals surface area (Å²) in [5, 5.41) is 1.93. The van der Waals surface area contributed by atoms with Crippen molar-refractivity contribution in [3.63, 3.8) is 0 Å². The lowest BCUT2D eigenvalue weighted by atomic mass is 10.1. The number of sulfonamides is 1. The first-order chi connectivity index (χ1) is 9.56. The van der Waals surface area contributed by atoms with Crippen molar-refractivity contribution in [1.29, 1.82) is 0 Å². The largest absolute Gasteiger partial charge is 0.326 e. The van der Waals surface area contributed by atoms with Crippen LogP contribution in [0.5, 0.6) is 0 Å². The van der Waals surface area contributed by atoms with Gasteiger partial charge in [0.1, 0.15) is 0 Å². The third-order valence-electron chi connectivity index (χ3n) is 3.05. The van der Waals surface area contributed by atoms with Crippen molar-refractivity contribution in [3.8, 4) is 0 Å². The van der Waals surface area contributed by atoms with Gasteiger partial charge in [0, 0.05) is 18.0 Å². The lowest BCUT2D eigenvalue weighted by Gasteiger charge is -2.11. The molecule has 2 rings (SSSR count). The van der Waals surface area contributed by atoms with Crippen LogP contribution in [0.1, 0.15) is 22.9 Å². The van der Waals surface area contributed by atoms with E-state index in [2.05, 4.69) is 4.72 Å². The molecule has 6 heteroatoms. The van der Waals surface area contributed by atoms with Gasteiger partial charge in [0.15, 0.2) is 0 Å². The second-order valence-electron chi connectivity index (χ2n) is 4.40. The number of benzene rings is 1. The Bertz CT molecular complexity index is 664. The predicted octanol–water partition coefficient (Wildman–Crippen LogP) is 2.25. The van der Waals surface area contributed by atoms with Crippen molar-refractivity contribution < 1.29 is 8.42 Å². The van der Waals surface area contributed by atoms with Crippen LogP contribution in [0, 0.1) is 0 Å². The van der Waals surface area contributed by atoms with E-state index in [9.17, 15) is 8.42 Å². The van der Waals surface area contributed by atoms with E-state index in [1.807, 2.05) is 36.6 Å². The van der Waals surface area contributed by atoms with Crippen molar-refractivity contribution in [2.75, 3.05) is 0 Å². The van der Waals surface area contributed by atoms with Gasteiger partial charge >= 0.3 is 0 Å². The highest BCUT2D eigenvalue weighted by molar-refractivity contribution is 7.89. The molecule has 0 saturated heterocycles. The highest BCUT2D eigenvalue weighted by Crippen LogP contribution is 2.19. The quantitative estimate of drug-likeness (QED) is 0.859. The molecule has 0 spiro atoms. The molecule has 3 N–H and O–H groups in total. The molecule has 0 aliphatic heterocycles. The minimum atomic E-state index is -3.51. The lowest BCUT2D eigenvalue weighted by Crippen LogP contribution is -2.24. The summed E-state index contributed by atoms with van der Waals surface area (Å²) >= 11 is 1.53. The summed E-state index contributed by atoms with van der Waals surface area (Å²) in [6.45, 7) is 2.59. The molecule has 0 aliphatic carbocycles. The summed E-state index contributed by atoms with van der Waals surface area (Å²) < 4.78 is 27.5. The van der Waals surface area contributed by atoms with Gasteiger partial charge in [-0.1, -0.05) is 25.1 Å². The smallest absolute Gasteiger partial charge is 0.241 e. The van der Waals surface area contributed by atoms with Crippen molar-refractivity contribution in [2.45, 2.75) is 31.3 Å². The van der Waals surface area contributed by atoms with E-state index in [1.54, 1.807) is 6.07 Å². The third-order valence-corrected chi connectivity index (χ3v) is 5.41. The highest BCUT2D eigenvalue weighted by atomic mass is 32.2. The number of nitrogens with one attached hydrogen (secondary N) is 1. The van der Waals surface area contributed by atoms with Crippen LogP contribution in [0.15, 0.2) is 40.6 Å². The summed E-state index contributed by atoms with van der Waals surface area (Å²) in [6, 6.07) is 9.18. The first-order valence-corrected chi connectivity index (χ1v) is 8.77. The summed E-state index contributed by atoms with van der Waals surface area (Å²) in [5.74, 6) is 0. The second kappa shape index (κ2) is 6.49. The maximum atomic E-state index is 12.4. The van der Waals surface area contributed by atoms with Crippen LogP contribution in [-0.2, 0) is 29.5 Å². The number of thiophene rings is 1. The topological polar surface area (TPSA) is 72.2 Å². The molecule has 0 unspecified atom stereocenters. The molecular weight excluding hydrogens is 292 g/mol. The van der Waals surface area contributed by atoms with E-state index in [0.29, 0.717) is 24.4 Å². The Balaban J connectivity index is 2.28. The van der Waals surface area contributed by atoms with Crippen LogP contribution in [0.4, 0.5) is 0 Å². The Morgan fingerprint density at radius 1 is 1.30 bits per heavy atom. The zero-order valence-electron chi connectivity index (χ0n) is 11.3. The highest BCUT2D eigenvalue weighted by Gasteiger charge is 2.18. The van der Waals surface area contributed by atoms with Gasteiger partial charge in [-0.2, -0.15) is 0 Å². The van der Waals surface area contributed by atoms with E-state index in [-0.39, 0.29) is 0 Å². The van der Waals surface area contributed by atoms with E-state index >= 15 is 0 Å². The standard InChI is InChI=1S/C14H18N2O2S2/c1-2-12-6-5-11(9-15)8-14(12)20(17,18)16-10-13-4-3-7-19-13/h3-8,16H,2,9-10,15H2,1H3. The Morgan fingerprint density at radius 2 is 2.10 bits per heavy atom. The molecule has 0 aliphatic rings. The zero-order chi connectivity index (χ0) is 14.6. The SMILES string of the molecule is CCc1ccc(CN)cc1S(=O)(=O)NCc1cccs1. The van der Waals surface area contributed by atoms with Crippen LogP contribution in [0.25, 0.3) is 0 Å². The Morgan fingerprint density at radius 3 is 2.70 bits per heavy atom. The molecular formula is C14H18N2O2S2. The van der Waals surface area contributed by atoms with E-state index in [1.165, 1.54) is 11.3 Å². The predicted molar refractivity (Wildman–Crippen MR) is 82.1 cm³/mol. The summed E-state index contributed by atoms with van der Waals surface area (Å²) in [5.41, 5.74) is 7.22. The van der Waals surface area contributed by atoms with Crippen LogP contribution in [0.2, 0.25) is 0 Å². The molecule has 1 heterocycles. The normalized spacial score (nSPS) is 11.7. The number of rotatable bonds is 6. The number of nitrogens with two attached hydrogens (primary N) is 1. The van der Waals surface area contributed by atoms with Gasteiger partial charge in [-0.3, -0.25) is 0 Å². The van der Waals surface area contributed by atoms with Crippen molar-refractivity contribution in [2.24, 2.45) is 5.73 Å². The Hall–Kier alpha value is -1.21. The monoisotopic (exact) mass is 310 g/mol. The molecule has 0 atom stereocenters. The third kappa shape index (κ3) is 3.46. The fraction of sp³-hybridized carbons (Fsp3) is 0.286. The van der Waals surface area contributed by atoms with Crippen LogP contribution >= 0.6 is 11.3 Å². The van der Waals surface area contributed by atoms with Crippen LogP contribution < -0.4 is 10.5 Å². The molecule has 0 bridgehead atoms. The maximum absolute atomic E-state index is 12.4. The van der Waals surface area contributed by atoms with Crippen molar-refractivity contribution >= 4 is 21.4 Å². The fourth-order valence-corrected chi connectivity index (χ4v) is 4.03. The number of hydrogen-bond donors (Lipinski definition) is 2. The summed E-state index contributed by atoms with van der Waals surface area (Å²) in [6.07, 6.45) is 0.667. The van der Waals surface area contributed by atoms with Gasteiger partial charge in [0.05, 0.1) is 4.90 Å². The van der Waals surface area contributed by atoms with Gasteiger partial charge < -0.3 is 5.73 Å². The van der Waals surface area contributed by atoms with Crippen molar-refractivity contribution in [1.82, 2.24) is 4.72 Å². The average Bonchev–Trinajstić information content (AvgIpc) is 2.98. The van der Waals surface area contributed by atoms with E-state index in [0.717, 1.165) is 16.0 Å². The summed E-state index contributed by atoms with van der Waals surface area (Å²) in [7, 11) is -3.51. The van der Waals surface area contributed by atoms with Gasteiger partial charge in [0.25, 0.3) is 0 Å². The molecule has 0 saturated carbocycles. The van der Waals surface area contributed by atoms with E-state index in [4.69, 9.17) is 5.73 Å². The fourth-order valence-electron chi connectivity index (χ4n) is 1.93. The average molecular weight is 310 g/mol. The molecule has 0 radical (unpaired) electrons. The molecule has 0 fully saturated rings. The minimum absolute atomic E-state index is 0.315. The Kier molecular flexibility index (Phi) is 4.93. The first-order valence-electron chi connectivity index (χ1n) is 6.40. The number of hydrogen-bond acceptors (Lipinski definition) is 4. The van der Waals surface area contributed by atoms with Crippen molar-refractivity contribution in [3.05, 3.63) is 51.7 Å². The number of aryl methyl sites for hydroxylation is 1. The van der Waals surface area contributed by atoms with E-state index < -0.39 is 10.0 Å². The molecule has 108 valence electrons. The van der Waals surface area contributed by atoms with Crippen LogP contribution in [-0.4, -0.2) is 8.42 Å². The Labute approximate surface area is 123 Å². The molecule has 0 amide bonds. The first kappa shape index (κ1) is 15.2. The molecule has 4 nitrogen and oxygen atoms in total. The molecule has 2 aromatic rings. The van der Waals surface area contributed by atoms with Gasteiger partial charge in [-0.15, -0.1) is 11.3 Å². The zero-order valence-corrected chi connectivity index (χ0v) is 12.9. The van der Waals surface area contributed by atoms with Crippen LogP contribution in [0.3, 0.4) is 0 Å². The van der Waals surface area contributed by atoms with Gasteiger partial charge in [-0.05, 0) is 35.1 Å². The van der Waals surface area contributed by atoms with Gasteiger partial charge in [0.2, 0.25) is 10.0 Å². The molecule has 1 aromatic carbocycles. The lowest BCUT2D eigenvalue weighted by molar-refractivity contribution is 0.580.